The van der Waals surface area contributed by atoms with Gasteiger partial charge in [0.1, 0.15) is 12.6 Å². The van der Waals surface area contributed by atoms with Crippen molar-refractivity contribution < 1.29 is 19.1 Å². The standard InChI is InChI=1S/C14H23BrN2O4/c1-6-21-12(18)8-17(9(2)3)14(20)11(5)16-13(19)10(4)7-15/h9,11H,4,6-8H2,1-3,5H3,(H,16,19)/t11-/m0/s1. The summed E-state index contributed by atoms with van der Waals surface area (Å²) in [5.74, 6) is -1.20. The molecule has 0 aromatic rings. The first-order valence-electron chi connectivity index (χ1n) is 6.75. The van der Waals surface area contributed by atoms with Gasteiger partial charge in [0.15, 0.2) is 0 Å². The van der Waals surface area contributed by atoms with Crippen LogP contribution in [0.1, 0.15) is 27.7 Å². The summed E-state index contributed by atoms with van der Waals surface area (Å²) >= 11 is 3.13. The van der Waals surface area contributed by atoms with Crippen molar-refractivity contribution >= 4 is 33.7 Å². The molecule has 1 atom stereocenters. The Morgan fingerprint density at radius 1 is 1.29 bits per heavy atom. The number of nitrogens with one attached hydrogen (secondary N) is 1. The number of alkyl halides is 1. The second-order valence-electron chi connectivity index (χ2n) is 4.80. The molecule has 1 N–H and O–H groups in total. The van der Waals surface area contributed by atoms with Gasteiger partial charge in [0.25, 0.3) is 0 Å². The summed E-state index contributed by atoms with van der Waals surface area (Å²) in [4.78, 5) is 36.9. The highest BCUT2D eigenvalue weighted by Crippen LogP contribution is 2.04. The molecule has 0 rings (SSSR count). The molecule has 0 radical (unpaired) electrons. The van der Waals surface area contributed by atoms with Crippen molar-refractivity contribution in [3.05, 3.63) is 12.2 Å². The Bertz CT molecular complexity index is 410. The van der Waals surface area contributed by atoms with Crippen molar-refractivity contribution in [3.8, 4) is 0 Å². The second kappa shape index (κ2) is 9.55. The predicted octanol–water partition coefficient (Wildman–Crippen LogP) is 1.24. The van der Waals surface area contributed by atoms with Crippen LogP contribution in [-0.4, -0.2) is 53.2 Å². The van der Waals surface area contributed by atoms with Gasteiger partial charge in [-0.2, -0.15) is 0 Å². The summed E-state index contributed by atoms with van der Waals surface area (Å²) < 4.78 is 4.85. The van der Waals surface area contributed by atoms with Crippen LogP contribution >= 0.6 is 15.9 Å². The largest absolute Gasteiger partial charge is 0.465 e. The van der Waals surface area contributed by atoms with Crippen molar-refractivity contribution in [1.29, 1.82) is 0 Å². The zero-order valence-corrected chi connectivity index (χ0v) is 14.5. The fourth-order valence-electron chi connectivity index (χ4n) is 1.53. The summed E-state index contributed by atoms with van der Waals surface area (Å²) in [6.45, 7) is 10.6. The molecule has 0 saturated heterocycles. The first-order chi connectivity index (χ1) is 9.74. The molecule has 0 aliphatic rings. The number of halogens is 1. The summed E-state index contributed by atoms with van der Waals surface area (Å²) in [5.41, 5.74) is 0.330. The van der Waals surface area contributed by atoms with Gasteiger partial charge in [-0.3, -0.25) is 14.4 Å². The van der Waals surface area contributed by atoms with E-state index in [1.807, 2.05) is 0 Å². The van der Waals surface area contributed by atoms with Crippen molar-refractivity contribution in [2.24, 2.45) is 0 Å². The van der Waals surface area contributed by atoms with Gasteiger partial charge >= 0.3 is 5.97 Å². The van der Waals surface area contributed by atoms with E-state index in [2.05, 4.69) is 27.8 Å². The van der Waals surface area contributed by atoms with Gasteiger partial charge < -0.3 is 15.0 Å². The fraction of sp³-hybridized carbons (Fsp3) is 0.643. The molecule has 0 aromatic heterocycles. The lowest BCUT2D eigenvalue weighted by atomic mass is 10.2. The topological polar surface area (TPSA) is 75.7 Å². The van der Waals surface area contributed by atoms with Gasteiger partial charge in [-0.25, -0.2) is 0 Å². The molecule has 0 aliphatic carbocycles. The average Bonchev–Trinajstić information content (AvgIpc) is 2.42. The van der Waals surface area contributed by atoms with E-state index in [0.29, 0.717) is 10.9 Å². The van der Waals surface area contributed by atoms with Crippen molar-refractivity contribution in [1.82, 2.24) is 10.2 Å². The van der Waals surface area contributed by atoms with Crippen LogP contribution in [0.2, 0.25) is 0 Å². The third-order valence-corrected chi connectivity index (χ3v) is 3.39. The maximum atomic E-state index is 12.3. The van der Waals surface area contributed by atoms with Gasteiger partial charge in [0.05, 0.1) is 6.61 Å². The monoisotopic (exact) mass is 362 g/mol. The lowest BCUT2D eigenvalue weighted by Gasteiger charge is -2.28. The number of hydrogen-bond donors (Lipinski definition) is 1. The molecule has 0 bridgehead atoms. The zero-order valence-electron chi connectivity index (χ0n) is 12.9. The molecule has 7 heteroatoms. The van der Waals surface area contributed by atoms with Crippen LogP contribution < -0.4 is 5.32 Å². The minimum atomic E-state index is -0.745. The van der Waals surface area contributed by atoms with E-state index in [0.717, 1.165) is 0 Å². The highest BCUT2D eigenvalue weighted by Gasteiger charge is 2.26. The van der Waals surface area contributed by atoms with E-state index in [-0.39, 0.29) is 25.1 Å². The quantitative estimate of drug-likeness (QED) is 0.400. The van der Waals surface area contributed by atoms with Gasteiger partial charge in [-0.05, 0) is 27.7 Å². The van der Waals surface area contributed by atoms with E-state index in [4.69, 9.17) is 4.74 Å². The van der Waals surface area contributed by atoms with E-state index in [1.54, 1.807) is 27.7 Å². The molecule has 6 nitrogen and oxygen atoms in total. The molecule has 0 saturated carbocycles. The molecular formula is C14H23BrN2O4. The Hall–Kier alpha value is -1.37. The molecule has 0 spiro atoms. The lowest BCUT2D eigenvalue weighted by Crippen LogP contribution is -2.51. The first-order valence-corrected chi connectivity index (χ1v) is 7.87. The van der Waals surface area contributed by atoms with Crippen LogP contribution in [0.5, 0.6) is 0 Å². The average molecular weight is 363 g/mol. The fourth-order valence-corrected chi connectivity index (χ4v) is 1.79. The number of nitrogens with zero attached hydrogens (tertiary/aromatic N) is 1. The summed E-state index contributed by atoms with van der Waals surface area (Å²) in [6, 6.07) is -0.925. The summed E-state index contributed by atoms with van der Waals surface area (Å²) in [7, 11) is 0. The molecule has 2 amide bonds. The third-order valence-electron chi connectivity index (χ3n) is 2.71. The second-order valence-corrected chi connectivity index (χ2v) is 5.36. The van der Waals surface area contributed by atoms with Crippen LogP contribution in [0.3, 0.4) is 0 Å². The molecule has 21 heavy (non-hydrogen) atoms. The molecule has 0 unspecified atom stereocenters. The van der Waals surface area contributed by atoms with Gasteiger partial charge in [-0.15, -0.1) is 0 Å². The number of esters is 1. The van der Waals surface area contributed by atoms with Crippen LogP contribution in [0.4, 0.5) is 0 Å². The van der Waals surface area contributed by atoms with Crippen molar-refractivity contribution in [3.63, 3.8) is 0 Å². The van der Waals surface area contributed by atoms with Gasteiger partial charge in [0.2, 0.25) is 11.8 Å². The molecule has 0 fully saturated rings. The van der Waals surface area contributed by atoms with Crippen molar-refractivity contribution in [2.75, 3.05) is 18.5 Å². The Morgan fingerprint density at radius 2 is 1.86 bits per heavy atom. The smallest absolute Gasteiger partial charge is 0.325 e. The number of carbonyl (C=O) groups excluding carboxylic acids is 3. The van der Waals surface area contributed by atoms with Crippen LogP contribution in [0.25, 0.3) is 0 Å². The predicted molar refractivity (Wildman–Crippen MR) is 84.0 cm³/mol. The number of rotatable bonds is 8. The SMILES string of the molecule is C=C(CBr)C(=O)N[C@@H](C)C(=O)N(CC(=O)OCC)C(C)C. The van der Waals surface area contributed by atoms with Crippen LogP contribution in [0, 0.1) is 0 Å². The van der Waals surface area contributed by atoms with E-state index >= 15 is 0 Å². The number of amides is 2. The molecule has 0 heterocycles. The lowest BCUT2D eigenvalue weighted by molar-refractivity contribution is -0.150. The molecule has 0 aliphatic heterocycles. The van der Waals surface area contributed by atoms with E-state index in [1.165, 1.54) is 4.90 Å². The molecule has 120 valence electrons. The van der Waals surface area contributed by atoms with Crippen molar-refractivity contribution in [2.45, 2.75) is 39.8 Å². The molecule has 0 aromatic carbocycles. The normalized spacial score (nSPS) is 11.7. The first kappa shape index (κ1) is 19.6. The maximum absolute atomic E-state index is 12.3. The Balaban J connectivity index is 4.77. The maximum Gasteiger partial charge on any atom is 0.325 e. The summed E-state index contributed by atoms with van der Waals surface area (Å²) in [6.07, 6.45) is 0. The van der Waals surface area contributed by atoms with Crippen LogP contribution in [-0.2, 0) is 19.1 Å². The number of ether oxygens (including phenoxy) is 1. The zero-order chi connectivity index (χ0) is 16.6. The Labute approximate surface area is 134 Å². The minimum Gasteiger partial charge on any atom is -0.465 e. The van der Waals surface area contributed by atoms with Gasteiger partial charge in [-0.1, -0.05) is 22.5 Å². The number of carbonyl (C=O) groups is 3. The highest BCUT2D eigenvalue weighted by atomic mass is 79.9. The Kier molecular flexibility index (Phi) is 8.92. The Morgan fingerprint density at radius 3 is 2.29 bits per heavy atom. The molecular weight excluding hydrogens is 340 g/mol. The van der Waals surface area contributed by atoms with E-state index in [9.17, 15) is 14.4 Å². The van der Waals surface area contributed by atoms with E-state index < -0.39 is 17.9 Å². The van der Waals surface area contributed by atoms with Crippen LogP contribution in [0.15, 0.2) is 12.2 Å². The highest BCUT2D eigenvalue weighted by molar-refractivity contribution is 9.09. The third kappa shape index (κ3) is 6.75. The van der Waals surface area contributed by atoms with Gasteiger partial charge in [0, 0.05) is 16.9 Å². The summed E-state index contributed by atoms with van der Waals surface area (Å²) in [5, 5.41) is 2.89. The number of hydrogen-bond acceptors (Lipinski definition) is 4. The minimum absolute atomic E-state index is 0.135.